The Balaban J connectivity index is 1.61. The third-order valence-electron chi connectivity index (χ3n) is 4.05. The molecule has 0 aliphatic carbocycles. The maximum Gasteiger partial charge on any atom is 0.410 e. The molecule has 1 aliphatic heterocycles. The lowest BCUT2D eigenvalue weighted by Gasteiger charge is -2.33. The number of hydrogen-bond donors (Lipinski definition) is 0. The summed E-state index contributed by atoms with van der Waals surface area (Å²) in [5.74, 6) is 0.627. The van der Waals surface area contributed by atoms with Gasteiger partial charge in [-0.2, -0.15) is 0 Å². The molecular weight excluding hydrogens is 322 g/mol. The molecule has 2 rings (SSSR count). The summed E-state index contributed by atoms with van der Waals surface area (Å²) >= 11 is 1.44. The van der Waals surface area contributed by atoms with Crippen LogP contribution in [0, 0.1) is 12.8 Å². The van der Waals surface area contributed by atoms with Gasteiger partial charge in [0.1, 0.15) is 5.60 Å². The van der Waals surface area contributed by atoms with Gasteiger partial charge >= 0.3 is 6.09 Å². The number of ether oxygens (including phenoxy) is 1. The van der Waals surface area contributed by atoms with Gasteiger partial charge in [0, 0.05) is 30.0 Å². The Kier molecular flexibility index (Phi) is 6.99. The van der Waals surface area contributed by atoms with Crippen LogP contribution in [0.2, 0.25) is 0 Å². The van der Waals surface area contributed by atoms with Crippen LogP contribution in [0.1, 0.15) is 45.6 Å². The molecule has 1 aromatic carbocycles. The maximum absolute atomic E-state index is 12.0. The summed E-state index contributed by atoms with van der Waals surface area (Å²) < 4.78 is 11.1. The zero-order chi connectivity index (χ0) is 17.6. The molecule has 4 nitrogen and oxygen atoms in total. The average Bonchev–Trinajstić information content (AvgIpc) is 2.52. The van der Waals surface area contributed by atoms with Crippen LogP contribution in [-0.4, -0.2) is 36.3 Å². The lowest BCUT2D eigenvalue weighted by atomic mass is 9.94. The predicted octanol–water partition coefficient (Wildman–Crippen LogP) is 5.06. The third-order valence-corrected chi connectivity index (χ3v) is 4.80. The van der Waals surface area contributed by atoms with Crippen molar-refractivity contribution in [3.05, 3.63) is 29.8 Å². The standard InChI is InChI=1S/C19H29NO3S/c1-15-5-7-17(8-6-15)24-22-14-11-16-9-12-20(13-10-16)18(21)23-19(2,3)4/h5-8,16H,9-14H2,1-4H3. The average molecular weight is 352 g/mol. The van der Waals surface area contributed by atoms with E-state index in [0.717, 1.165) is 43.9 Å². The Morgan fingerprint density at radius 2 is 1.83 bits per heavy atom. The fourth-order valence-electron chi connectivity index (χ4n) is 2.65. The van der Waals surface area contributed by atoms with Crippen LogP contribution in [0.3, 0.4) is 0 Å². The molecule has 0 unspecified atom stereocenters. The molecule has 0 saturated carbocycles. The van der Waals surface area contributed by atoms with Gasteiger partial charge in [-0.1, -0.05) is 17.7 Å². The number of nitrogens with zero attached hydrogens (tertiary/aromatic N) is 1. The number of aryl methyl sites for hydroxylation is 1. The molecule has 0 spiro atoms. The number of amides is 1. The molecule has 1 heterocycles. The highest BCUT2D eigenvalue weighted by Crippen LogP contribution is 2.24. The molecule has 0 N–H and O–H groups in total. The van der Waals surface area contributed by atoms with Gasteiger partial charge in [-0.15, -0.1) is 0 Å². The fraction of sp³-hybridized carbons (Fsp3) is 0.632. The summed E-state index contributed by atoms with van der Waals surface area (Å²) in [6.07, 6.45) is 2.91. The van der Waals surface area contributed by atoms with Crippen molar-refractivity contribution in [2.75, 3.05) is 19.7 Å². The molecule has 0 atom stereocenters. The van der Waals surface area contributed by atoms with Crippen LogP contribution in [0.25, 0.3) is 0 Å². The van der Waals surface area contributed by atoms with Crippen molar-refractivity contribution >= 4 is 18.1 Å². The normalized spacial score (nSPS) is 16.2. The van der Waals surface area contributed by atoms with Crippen molar-refractivity contribution in [2.45, 2.75) is 57.5 Å². The monoisotopic (exact) mass is 351 g/mol. The van der Waals surface area contributed by atoms with Gasteiger partial charge in [0.2, 0.25) is 0 Å². The summed E-state index contributed by atoms with van der Waals surface area (Å²) in [4.78, 5) is 15.0. The summed E-state index contributed by atoms with van der Waals surface area (Å²) in [6, 6.07) is 8.36. The minimum atomic E-state index is -0.422. The van der Waals surface area contributed by atoms with Gasteiger partial charge in [-0.25, -0.2) is 4.79 Å². The topological polar surface area (TPSA) is 38.8 Å². The first-order valence-corrected chi connectivity index (χ1v) is 9.42. The van der Waals surface area contributed by atoms with Gasteiger partial charge in [-0.3, -0.25) is 0 Å². The molecule has 1 aromatic rings. The molecule has 0 aromatic heterocycles. The molecule has 0 bridgehead atoms. The minimum Gasteiger partial charge on any atom is -0.444 e. The smallest absolute Gasteiger partial charge is 0.410 e. The molecule has 24 heavy (non-hydrogen) atoms. The fourth-order valence-corrected chi connectivity index (χ4v) is 3.21. The Bertz CT molecular complexity index is 516. The first-order valence-electron chi connectivity index (χ1n) is 8.67. The van der Waals surface area contributed by atoms with E-state index in [0.29, 0.717) is 5.92 Å². The van der Waals surface area contributed by atoms with Crippen LogP contribution in [-0.2, 0) is 8.92 Å². The Morgan fingerprint density at radius 1 is 1.21 bits per heavy atom. The highest BCUT2D eigenvalue weighted by molar-refractivity contribution is 7.94. The number of carbonyl (C=O) groups excluding carboxylic acids is 1. The van der Waals surface area contributed by atoms with E-state index < -0.39 is 5.60 Å². The van der Waals surface area contributed by atoms with Crippen molar-refractivity contribution in [1.82, 2.24) is 4.90 Å². The van der Waals surface area contributed by atoms with Crippen LogP contribution < -0.4 is 0 Å². The minimum absolute atomic E-state index is 0.188. The number of rotatable bonds is 5. The highest BCUT2D eigenvalue weighted by Gasteiger charge is 2.26. The van der Waals surface area contributed by atoms with Crippen LogP contribution in [0.4, 0.5) is 4.79 Å². The molecule has 1 amide bonds. The molecule has 1 aliphatic rings. The van der Waals surface area contributed by atoms with Crippen molar-refractivity contribution < 1.29 is 13.7 Å². The summed E-state index contributed by atoms with van der Waals surface area (Å²) in [7, 11) is 0. The van der Waals surface area contributed by atoms with Crippen molar-refractivity contribution in [3.63, 3.8) is 0 Å². The third kappa shape index (κ3) is 6.73. The van der Waals surface area contributed by atoms with E-state index in [1.165, 1.54) is 17.6 Å². The maximum atomic E-state index is 12.0. The highest BCUT2D eigenvalue weighted by atomic mass is 32.2. The van der Waals surface area contributed by atoms with E-state index in [2.05, 4.69) is 31.2 Å². The van der Waals surface area contributed by atoms with Gasteiger partial charge in [0.15, 0.2) is 0 Å². The molecular formula is C19H29NO3S. The van der Waals surface area contributed by atoms with Crippen molar-refractivity contribution in [3.8, 4) is 0 Å². The number of benzene rings is 1. The number of carbonyl (C=O) groups is 1. The number of likely N-dealkylation sites (tertiary alicyclic amines) is 1. The summed E-state index contributed by atoms with van der Waals surface area (Å²) in [5.41, 5.74) is 0.839. The van der Waals surface area contributed by atoms with E-state index in [1.807, 2.05) is 25.7 Å². The Morgan fingerprint density at radius 3 is 2.42 bits per heavy atom. The van der Waals surface area contributed by atoms with E-state index in [9.17, 15) is 4.79 Å². The van der Waals surface area contributed by atoms with Crippen LogP contribution in [0.15, 0.2) is 29.2 Å². The summed E-state index contributed by atoms with van der Waals surface area (Å²) in [6.45, 7) is 10.1. The molecule has 0 radical (unpaired) electrons. The number of hydrogen-bond acceptors (Lipinski definition) is 4. The van der Waals surface area contributed by atoms with Gasteiger partial charge in [-0.05, 0) is 65.0 Å². The van der Waals surface area contributed by atoms with Crippen molar-refractivity contribution in [1.29, 1.82) is 0 Å². The Labute approximate surface area is 150 Å². The quantitative estimate of drug-likeness (QED) is 0.549. The van der Waals surface area contributed by atoms with Gasteiger partial charge in [0.05, 0.1) is 6.61 Å². The number of piperidine rings is 1. The van der Waals surface area contributed by atoms with Gasteiger partial charge in [0.25, 0.3) is 0 Å². The van der Waals surface area contributed by atoms with E-state index >= 15 is 0 Å². The van der Waals surface area contributed by atoms with E-state index in [-0.39, 0.29) is 6.09 Å². The first kappa shape index (κ1) is 19.1. The second-order valence-corrected chi connectivity index (χ2v) is 8.29. The summed E-state index contributed by atoms with van der Waals surface area (Å²) in [5, 5.41) is 0. The second-order valence-electron chi connectivity index (χ2n) is 7.42. The molecule has 1 saturated heterocycles. The SMILES string of the molecule is Cc1ccc(SOCCC2CCN(C(=O)OC(C)(C)C)CC2)cc1. The molecule has 1 fully saturated rings. The van der Waals surface area contributed by atoms with E-state index in [1.54, 1.807) is 0 Å². The lowest BCUT2D eigenvalue weighted by Crippen LogP contribution is -2.41. The van der Waals surface area contributed by atoms with E-state index in [4.69, 9.17) is 8.92 Å². The lowest BCUT2D eigenvalue weighted by molar-refractivity contribution is 0.0178. The van der Waals surface area contributed by atoms with Gasteiger partial charge < -0.3 is 13.8 Å². The zero-order valence-corrected chi connectivity index (χ0v) is 16.0. The van der Waals surface area contributed by atoms with Crippen LogP contribution in [0.5, 0.6) is 0 Å². The Hall–Kier alpha value is -1.20. The largest absolute Gasteiger partial charge is 0.444 e. The van der Waals surface area contributed by atoms with Crippen LogP contribution >= 0.6 is 12.0 Å². The zero-order valence-electron chi connectivity index (χ0n) is 15.2. The molecule has 5 heteroatoms. The second kappa shape index (κ2) is 8.77. The predicted molar refractivity (Wildman–Crippen MR) is 98.1 cm³/mol. The van der Waals surface area contributed by atoms with Crippen molar-refractivity contribution in [2.24, 2.45) is 5.92 Å². The first-order chi connectivity index (χ1) is 11.3. The molecule has 134 valence electrons.